The summed E-state index contributed by atoms with van der Waals surface area (Å²) >= 11 is 3.44. The van der Waals surface area contributed by atoms with Gasteiger partial charge in [-0.3, -0.25) is 9.78 Å². The van der Waals surface area contributed by atoms with E-state index in [0.29, 0.717) is 12.5 Å². The molecule has 0 aromatic carbocycles. The molecule has 1 amide bonds. The number of fused-ring (bicyclic) bond motifs is 1. The Hall–Kier alpha value is -0.940. The molecule has 0 radical (unpaired) electrons. The summed E-state index contributed by atoms with van der Waals surface area (Å²) in [5.41, 5.74) is 0.741. The fraction of sp³-hybridized carbons (Fsp3) is 0.538. The standard InChI is InChI=1S/C13H16BrN3O/c14-10-2-1-5-16-11(10)7-17-12(18)13-4-3-9(13)6-15-8-13/h1-2,5,9,15H,3-4,6-8H2,(H,17,18)/t9-,13-/m0/s1. The zero-order chi connectivity index (χ0) is 12.6. The van der Waals surface area contributed by atoms with Crippen molar-refractivity contribution in [1.29, 1.82) is 0 Å². The minimum atomic E-state index is -0.138. The van der Waals surface area contributed by atoms with Gasteiger partial charge in [0.05, 0.1) is 17.7 Å². The van der Waals surface area contributed by atoms with Gasteiger partial charge in [-0.1, -0.05) is 0 Å². The number of aromatic nitrogens is 1. The lowest BCUT2D eigenvalue weighted by Crippen LogP contribution is -2.51. The van der Waals surface area contributed by atoms with Crippen LogP contribution >= 0.6 is 15.9 Å². The molecule has 2 atom stereocenters. The van der Waals surface area contributed by atoms with Crippen molar-refractivity contribution in [3.63, 3.8) is 0 Å². The average Bonchev–Trinajstić information content (AvgIpc) is 2.64. The Bertz CT molecular complexity index is 479. The fourth-order valence-corrected chi connectivity index (χ4v) is 3.36. The maximum atomic E-state index is 12.3. The van der Waals surface area contributed by atoms with Gasteiger partial charge in [0.25, 0.3) is 0 Å². The minimum absolute atomic E-state index is 0.138. The Morgan fingerprint density at radius 1 is 1.67 bits per heavy atom. The molecular weight excluding hydrogens is 294 g/mol. The number of nitrogens with zero attached hydrogens (tertiary/aromatic N) is 1. The Labute approximate surface area is 115 Å². The quantitative estimate of drug-likeness (QED) is 0.889. The van der Waals surface area contributed by atoms with Crippen LogP contribution in [0.1, 0.15) is 18.5 Å². The molecule has 1 saturated heterocycles. The third-order valence-corrected chi connectivity index (χ3v) is 4.98. The van der Waals surface area contributed by atoms with E-state index in [0.717, 1.165) is 29.7 Å². The Morgan fingerprint density at radius 2 is 2.56 bits per heavy atom. The topological polar surface area (TPSA) is 54.0 Å². The first-order valence-corrected chi connectivity index (χ1v) is 7.10. The number of carbonyl (C=O) groups excluding carboxylic acids is 1. The molecule has 2 fully saturated rings. The summed E-state index contributed by atoms with van der Waals surface area (Å²) in [6, 6.07) is 3.81. The second-order valence-electron chi connectivity index (χ2n) is 5.14. The number of carbonyl (C=O) groups is 1. The predicted octanol–water partition coefficient (Wildman–Crippen LogP) is 1.46. The maximum Gasteiger partial charge on any atom is 0.228 e. The van der Waals surface area contributed by atoms with Crippen LogP contribution < -0.4 is 10.6 Å². The number of nitrogens with one attached hydrogen (secondary N) is 2. The van der Waals surface area contributed by atoms with Crippen LogP contribution in [0.2, 0.25) is 0 Å². The highest BCUT2D eigenvalue weighted by Crippen LogP contribution is 2.49. The van der Waals surface area contributed by atoms with Gasteiger partial charge in [0.15, 0.2) is 0 Å². The monoisotopic (exact) mass is 309 g/mol. The average molecular weight is 310 g/mol. The molecule has 1 aromatic rings. The van der Waals surface area contributed by atoms with Crippen LogP contribution in [0.4, 0.5) is 0 Å². The van der Waals surface area contributed by atoms with E-state index in [9.17, 15) is 4.79 Å². The molecule has 96 valence electrons. The number of rotatable bonds is 3. The van der Waals surface area contributed by atoms with Crippen molar-refractivity contribution in [3.05, 3.63) is 28.5 Å². The Kier molecular flexibility index (Phi) is 3.11. The number of hydrogen-bond acceptors (Lipinski definition) is 3. The van der Waals surface area contributed by atoms with Gasteiger partial charge >= 0.3 is 0 Å². The van der Waals surface area contributed by atoms with Crippen molar-refractivity contribution in [2.24, 2.45) is 11.3 Å². The van der Waals surface area contributed by atoms with Crippen LogP contribution in [0.15, 0.2) is 22.8 Å². The van der Waals surface area contributed by atoms with Gasteiger partial charge < -0.3 is 10.6 Å². The van der Waals surface area contributed by atoms with Crippen molar-refractivity contribution in [2.45, 2.75) is 19.4 Å². The molecule has 2 N–H and O–H groups in total. The van der Waals surface area contributed by atoms with Gasteiger partial charge in [0, 0.05) is 17.2 Å². The molecule has 0 unspecified atom stereocenters. The minimum Gasteiger partial charge on any atom is -0.350 e. The normalized spacial score (nSPS) is 29.5. The van der Waals surface area contributed by atoms with Crippen LogP contribution in [0.25, 0.3) is 0 Å². The van der Waals surface area contributed by atoms with Crippen molar-refractivity contribution >= 4 is 21.8 Å². The smallest absolute Gasteiger partial charge is 0.228 e. The number of hydrogen-bond donors (Lipinski definition) is 2. The molecule has 0 spiro atoms. The van der Waals surface area contributed by atoms with Gasteiger partial charge in [-0.05, 0) is 53.4 Å². The lowest BCUT2D eigenvalue weighted by Gasteiger charge is -2.42. The lowest BCUT2D eigenvalue weighted by atomic mass is 9.61. The van der Waals surface area contributed by atoms with Gasteiger partial charge in [-0.15, -0.1) is 0 Å². The van der Waals surface area contributed by atoms with Crippen molar-refractivity contribution in [2.75, 3.05) is 13.1 Å². The highest BCUT2D eigenvalue weighted by Gasteiger charge is 2.55. The molecule has 18 heavy (non-hydrogen) atoms. The van der Waals surface area contributed by atoms with E-state index in [-0.39, 0.29) is 11.3 Å². The first kappa shape index (κ1) is 12.1. The zero-order valence-corrected chi connectivity index (χ0v) is 11.7. The third-order valence-electron chi connectivity index (χ3n) is 4.25. The van der Waals surface area contributed by atoms with E-state index in [1.165, 1.54) is 6.42 Å². The van der Waals surface area contributed by atoms with Crippen LogP contribution in [0, 0.1) is 11.3 Å². The zero-order valence-electron chi connectivity index (χ0n) is 10.1. The molecule has 3 rings (SSSR count). The van der Waals surface area contributed by atoms with Crippen molar-refractivity contribution in [1.82, 2.24) is 15.6 Å². The number of amides is 1. The van der Waals surface area contributed by atoms with Gasteiger partial charge in [-0.2, -0.15) is 0 Å². The fourth-order valence-electron chi connectivity index (χ4n) is 2.96. The molecule has 1 aliphatic heterocycles. The SMILES string of the molecule is O=C(NCc1ncccc1Br)[C@]12CC[C@H]1CNC2. The van der Waals surface area contributed by atoms with Crippen molar-refractivity contribution in [3.8, 4) is 0 Å². The third kappa shape index (κ3) is 1.86. The van der Waals surface area contributed by atoms with Crippen LogP contribution in [0.5, 0.6) is 0 Å². The van der Waals surface area contributed by atoms with E-state index < -0.39 is 0 Å². The largest absolute Gasteiger partial charge is 0.350 e. The second-order valence-corrected chi connectivity index (χ2v) is 5.99. The predicted molar refractivity (Wildman–Crippen MR) is 71.8 cm³/mol. The maximum absolute atomic E-state index is 12.3. The molecule has 4 nitrogen and oxygen atoms in total. The summed E-state index contributed by atoms with van der Waals surface area (Å²) in [6.45, 7) is 2.31. The molecule has 2 aliphatic rings. The van der Waals surface area contributed by atoms with Gasteiger partial charge in [-0.25, -0.2) is 0 Å². The summed E-state index contributed by atoms with van der Waals surface area (Å²) in [4.78, 5) is 16.6. The highest BCUT2D eigenvalue weighted by atomic mass is 79.9. The molecule has 2 heterocycles. The van der Waals surface area contributed by atoms with Gasteiger partial charge in [0.2, 0.25) is 5.91 Å². The van der Waals surface area contributed by atoms with Crippen LogP contribution in [-0.4, -0.2) is 24.0 Å². The summed E-state index contributed by atoms with van der Waals surface area (Å²) in [5.74, 6) is 0.714. The van der Waals surface area contributed by atoms with Crippen molar-refractivity contribution < 1.29 is 4.79 Å². The second kappa shape index (κ2) is 4.63. The van der Waals surface area contributed by atoms with E-state index >= 15 is 0 Å². The van der Waals surface area contributed by atoms with E-state index in [1.54, 1.807) is 6.20 Å². The molecule has 0 bridgehead atoms. The molecule has 1 saturated carbocycles. The lowest BCUT2D eigenvalue weighted by molar-refractivity contribution is -0.138. The summed E-state index contributed by atoms with van der Waals surface area (Å²) in [6.07, 6.45) is 3.93. The first-order chi connectivity index (χ1) is 8.72. The Morgan fingerprint density at radius 3 is 3.22 bits per heavy atom. The van der Waals surface area contributed by atoms with E-state index in [4.69, 9.17) is 0 Å². The van der Waals surface area contributed by atoms with Crippen LogP contribution in [-0.2, 0) is 11.3 Å². The highest BCUT2D eigenvalue weighted by molar-refractivity contribution is 9.10. The van der Waals surface area contributed by atoms with E-state index in [1.807, 2.05) is 12.1 Å². The summed E-state index contributed by atoms with van der Waals surface area (Å²) in [7, 11) is 0. The number of pyridine rings is 1. The molecule has 1 aliphatic carbocycles. The Balaban J connectivity index is 1.64. The van der Waals surface area contributed by atoms with E-state index in [2.05, 4.69) is 31.5 Å². The summed E-state index contributed by atoms with van der Waals surface area (Å²) in [5, 5.41) is 6.36. The van der Waals surface area contributed by atoms with Crippen LogP contribution in [0.3, 0.4) is 0 Å². The van der Waals surface area contributed by atoms with Gasteiger partial charge in [0.1, 0.15) is 0 Å². The molecule has 5 heteroatoms. The molecular formula is C13H16BrN3O. The molecule has 1 aromatic heterocycles. The first-order valence-electron chi connectivity index (χ1n) is 6.31. The number of halogens is 1. The summed E-state index contributed by atoms with van der Waals surface area (Å²) < 4.78 is 0.942.